The summed E-state index contributed by atoms with van der Waals surface area (Å²) in [4.78, 5) is 24.4. The summed E-state index contributed by atoms with van der Waals surface area (Å²) in [5.74, 6) is -0.631. The zero-order valence-electron chi connectivity index (χ0n) is 11.8. The topological polar surface area (TPSA) is 69.6 Å². The van der Waals surface area contributed by atoms with E-state index in [0.717, 1.165) is 5.69 Å². The third-order valence-corrected chi connectivity index (χ3v) is 3.37. The molecule has 110 valence electrons. The van der Waals surface area contributed by atoms with Crippen LogP contribution in [0.4, 0.5) is 5.69 Å². The van der Waals surface area contributed by atoms with Gasteiger partial charge in [0.2, 0.25) is 5.91 Å². The molecule has 1 aromatic carbocycles. The van der Waals surface area contributed by atoms with Gasteiger partial charge in [0.15, 0.2) is 0 Å². The number of nitrogens with one attached hydrogen (secondary N) is 1. The lowest BCUT2D eigenvalue weighted by Crippen LogP contribution is -2.36. The van der Waals surface area contributed by atoms with Gasteiger partial charge in [0.25, 0.3) is 0 Å². The summed E-state index contributed by atoms with van der Waals surface area (Å²) in [7, 11) is 1.79. The molecular weight excluding hydrogens is 324 g/mol. The fourth-order valence-electron chi connectivity index (χ4n) is 1.60. The number of carbonyl (C=O) groups is 2. The number of hydrogen-bond acceptors (Lipinski definition) is 3. The second kappa shape index (κ2) is 7.28. The van der Waals surface area contributed by atoms with Crippen molar-refractivity contribution < 1.29 is 14.7 Å². The first-order chi connectivity index (χ1) is 9.31. The number of carboxylic acids is 1. The smallest absolute Gasteiger partial charge is 0.336 e. The number of carbonyl (C=O) groups excluding carboxylic acids is 1. The van der Waals surface area contributed by atoms with Crippen LogP contribution in [0.3, 0.4) is 0 Å². The van der Waals surface area contributed by atoms with Crippen LogP contribution in [0.25, 0.3) is 0 Å². The number of benzene rings is 1. The third-order valence-electron chi connectivity index (χ3n) is 2.71. The van der Waals surface area contributed by atoms with E-state index in [4.69, 9.17) is 5.11 Å². The van der Waals surface area contributed by atoms with Gasteiger partial charge in [-0.25, -0.2) is 4.79 Å². The molecule has 1 aromatic rings. The van der Waals surface area contributed by atoms with E-state index < -0.39 is 5.97 Å². The molecule has 0 unspecified atom stereocenters. The van der Waals surface area contributed by atoms with Crippen molar-refractivity contribution >= 4 is 33.5 Å². The summed E-state index contributed by atoms with van der Waals surface area (Å²) in [6, 6.07) is 4.90. The Balaban J connectivity index is 2.68. The normalized spacial score (nSPS) is 10.4. The molecule has 0 spiro atoms. The van der Waals surface area contributed by atoms with Gasteiger partial charge in [-0.3, -0.25) is 4.79 Å². The minimum Gasteiger partial charge on any atom is -0.478 e. The highest BCUT2D eigenvalue weighted by atomic mass is 79.9. The summed E-state index contributed by atoms with van der Waals surface area (Å²) in [6.07, 6.45) is 0. The molecule has 1 rings (SSSR count). The summed E-state index contributed by atoms with van der Waals surface area (Å²) in [5.41, 5.74) is 0.980. The van der Waals surface area contributed by atoms with Crippen LogP contribution >= 0.6 is 15.9 Å². The number of halogens is 1. The van der Waals surface area contributed by atoms with Crippen molar-refractivity contribution in [2.75, 3.05) is 25.0 Å². The Morgan fingerprint density at radius 1 is 1.40 bits per heavy atom. The maximum Gasteiger partial charge on any atom is 0.336 e. The van der Waals surface area contributed by atoms with Crippen molar-refractivity contribution in [2.45, 2.75) is 13.8 Å². The van der Waals surface area contributed by atoms with Crippen LogP contribution in [0.5, 0.6) is 0 Å². The zero-order valence-corrected chi connectivity index (χ0v) is 13.4. The van der Waals surface area contributed by atoms with Gasteiger partial charge in [0.1, 0.15) is 0 Å². The SMILES string of the molecule is CC(C)CNC(=O)CN(C)c1ccc(C(=O)O)c(Br)c1. The average molecular weight is 343 g/mol. The van der Waals surface area contributed by atoms with Crippen molar-refractivity contribution in [3.8, 4) is 0 Å². The van der Waals surface area contributed by atoms with E-state index in [1.54, 1.807) is 24.1 Å². The summed E-state index contributed by atoms with van der Waals surface area (Å²) < 4.78 is 0.497. The lowest BCUT2D eigenvalue weighted by Gasteiger charge is -2.20. The van der Waals surface area contributed by atoms with Crippen molar-refractivity contribution in [3.05, 3.63) is 28.2 Å². The first-order valence-corrected chi connectivity index (χ1v) is 7.11. The molecule has 5 nitrogen and oxygen atoms in total. The van der Waals surface area contributed by atoms with Crippen LogP contribution in [0.1, 0.15) is 24.2 Å². The maximum atomic E-state index is 11.7. The number of aromatic carboxylic acids is 1. The van der Waals surface area contributed by atoms with Gasteiger partial charge in [-0.15, -0.1) is 0 Å². The molecule has 2 N–H and O–H groups in total. The van der Waals surface area contributed by atoms with Crippen molar-refractivity contribution in [1.82, 2.24) is 5.32 Å². The average Bonchev–Trinajstić information content (AvgIpc) is 2.35. The highest BCUT2D eigenvalue weighted by Crippen LogP contribution is 2.23. The summed E-state index contributed by atoms with van der Waals surface area (Å²) in [6.45, 7) is 4.94. The van der Waals surface area contributed by atoms with Crippen LogP contribution in [0, 0.1) is 5.92 Å². The van der Waals surface area contributed by atoms with Gasteiger partial charge in [-0.2, -0.15) is 0 Å². The van der Waals surface area contributed by atoms with Crippen molar-refractivity contribution in [2.24, 2.45) is 5.92 Å². The minimum absolute atomic E-state index is 0.0559. The van der Waals surface area contributed by atoms with Crippen LogP contribution in [0.15, 0.2) is 22.7 Å². The van der Waals surface area contributed by atoms with Gasteiger partial charge < -0.3 is 15.3 Å². The van der Waals surface area contributed by atoms with E-state index >= 15 is 0 Å². The molecule has 1 amide bonds. The Morgan fingerprint density at radius 3 is 2.55 bits per heavy atom. The van der Waals surface area contributed by atoms with Gasteiger partial charge in [0, 0.05) is 23.8 Å². The molecule has 0 fully saturated rings. The molecule has 0 aliphatic rings. The first kappa shape index (κ1) is 16.5. The third kappa shape index (κ3) is 4.85. The van der Waals surface area contributed by atoms with Crippen LogP contribution in [0.2, 0.25) is 0 Å². The molecule has 6 heteroatoms. The molecule has 0 radical (unpaired) electrons. The molecule has 0 aliphatic heterocycles. The van der Waals surface area contributed by atoms with Crippen LogP contribution in [-0.2, 0) is 4.79 Å². The first-order valence-electron chi connectivity index (χ1n) is 6.32. The molecule has 0 bridgehead atoms. The molecule has 0 heterocycles. The Morgan fingerprint density at radius 2 is 2.05 bits per heavy atom. The lowest BCUT2D eigenvalue weighted by atomic mass is 10.2. The van der Waals surface area contributed by atoms with Crippen molar-refractivity contribution in [3.63, 3.8) is 0 Å². The quantitative estimate of drug-likeness (QED) is 0.832. The molecule has 0 atom stereocenters. The van der Waals surface area contributed by atoms with Gasteiger partial charge in [0.05, 0.1) is 12.1 Å². The second-order valence-electron chi connectivity index (χ2n) is 5.02. The predicted molar refractivity (Wildman–Crippen MR) is 82.2 cm³/mol. The largest absolute Gasteiger partial charge is 0.478 e. The number of anilines is 1. The van der Waals surface area contributed by atoms with E-state index in [2.05, 4.69) is 21.2 Å². The monoisotopic (exact) mass is 342 g/mol. The van der Waals surface area contributed by atoms with E-state index in [-0.39, 0.29) is 18.0 Å². The second-order valence-corrected chi connectivity index (χ2v) is 5.88. The predicted octanol–water partition coefficient (Wildman–Crippen LogP) is 2.36. The molecular formula is C14H19BrN2O3. The van der Waals surface area contributed by atoms with Crippen LogP contribution in [-0.4, -0.2) is 37.1 Å². The molecule has 0 aromatic heterocycles. The highest BCUT2D eigenvalue weighted by molar-refractivity contribution is 9.10. The zero-order chi connectivity index (χ0) is 15.3. The summed E-state index contributed by atoms with van der Waals surface area (Å²) in [5, 5.41) is 11.8. The van der Waals surface area contributed by atoms with Gasteiger partial charge >= 0.3 is 5.97 Å². The number of rotatable bonds is 6. The molecule has 0 saturated carbocycles. The fourth-order valence-corrected chi connectivity index (χ4v) is 2.13. The van der Waals surface area contributed by atoms with Gasteiger partial charge in [-0.05, 0) is 40.0 Å². The van der Waals surface area contributed by atoms with Crippen LogP contribution < -0.4 is 10.2 Å². The Labute approximate surface area is 127 Å². The highest BCUT2D eigenvalue weighted by Gasteiger charge is 2.12. The summed E-state index contributed by atoms with van der Waals surface area (Å²) >= 11 is 3.22. The Kier molecular flexibility index (Phi) is 6.01. The lowest BCUT2D eigenvalue weighted by molar-refractivity contribution is -0.119. The molecule has 0 saturated heterocycles. The number of carboxylic acid groups (broad SMARTS) is 1. The maximum absolute atomic E-state index is 11.7. The Hall–Kier alpha value is -1.56. The Bertz CT molecular complexity index is 503. The number of likely N-dealkylation sites (N-methyl/N-ethyl adjacent to an activating group) is 1. The van der Waals surface area contributed by atoms with E-state index in [1.807, 2.05) is 13.8 Å². The van der Waals surface area contributed by atoms with E-state index in [9.17, 15) is 9.59 Å². The number of amides is 1. The van der Waals surface area contributed by atoms with E-state index in [0.29, 0.717) is 16.9 Å². The van der Waals surface area contributed by atoms with Gasteiger partial charge in [-0.1, -0.05) is 13.8 Å². The molecule has 20 heavy (non-hydrogen) atoms. The number of hydrogen-bond donors (Lipinski definition) is 2. The number of nitrogens with zero attached hydrogens (tertiary/aromatic N) is 1. The van der Waals surface area contributed by atoms with Crippen molar-refractivity contribution in [1.29, 1.82) is 0 Å². The minimum atomic E-state index is -0.985. The molecule has 0 aliphatic carbocycles. The standard InChI is InChI=1S/C14H19BrN2O3/c1-9(2)7-16-13(18)8-17(3)10-4-5-11(14(19)20)12(15)6-10/h4-6,9H,7-8H2,1-3H3,(H,16,18)(H,19,20). The van der Waals surface area contributed by atoms with E-state index in [1.165, 1.54) is 6.07 Å². The fraction of sp³-hybridized carbons (Fsp3) is 0.429.